The summed E-state index contributed by atoms with van der Waals surface area (Å²) in [4.78, 5) is 28.9. The minimum absolute atomic E-state index is 0.219. The van der Waals surface area contributed by atoms with Crippen molar-refractivity contribution >= 4 is 40.4 Å². The Hall–Kier alpha value is -2.02. The number of carboxylic acids is 1. The van der Waals surface area contributed by atoms with Crippen LogP contribution in [0.3, 0.4) is 0 Å². The molecule has 0 aliphatic carbocycles. The minimum atomic E-state index is -1.22. The fourth-order valence-electron chi connectivity index (χ4n) is 2.58. The molecule has 1 aliphatic heterocycles. The van der Waals surface area contributed by atoms with Crippen molar-refractivity contribution in [3.8, 4) is 10.6 Å². The molecule has 0 fully saturated rings. The average molecular weight is 350 g/mol. The molecule has 1 aromatic heterocycles. The highest BCUT2D eigenvalue weighted by Gasteiger charge is 2.34. The Bertz CT molecular complexity index is 857. The summed E-state index contributed by atoms with van der Waals surface area (Å²) in [6, 6.07) is 3.39. The Kier molecular flexibility index (Phi) is 4.06. The number of ketones is 1. The molecule has 0 saturated carbocycles. The van der Waals surface area contributed by atoms with Crippen molar-refractivity contribution in [2.24, 2.45) is 0 Å². The zero-order valence-electron chi connectivity index (χ0n) is 12.5. The normalized spacial score (nSPS) is 16.9. The molecule has 0 saturated heterocycles. The van der Waals surface area contributed by atoms with Gasteiger partial charge in [-0.3, -0.25) is 9.69 Å². The second kappa shape index (κ2) is 5.88. The van der Waals surface area contributed by atoms with E-state index >= 15 is 0 Å². The number of benzene rings is 1. The molecule has 0 amide bonds. The number of rotatable bonds is 3. The molecule has 2 heterocycles. The number of thiazole rings is 1. The van der Waals surface area contributed by atoms with Crippen molar-refractivity contribution in [1.29, 1.82) is 0 Å². The summed E-state index contributed by atoms with van der Waals surface area (Å²) in [5, 5.41) is 12.3. The van der Waals surface area contributed by atoms with Gasteiger partial charge in [0.15, 0.2) is 5.57 Å². The highest BCUT2D eigenvalue weighted by atomic mass is 35.5. The number of halogens is 1. The number of carboxylic acid groups (broad SMARTS) is 1. The number of quaternary nitrogens is 1. The monoisotopic (exact) mass is 349 g/mol. The quantitative estimate of drug-likeness (QED) is 0.835. The zero-order valence-corrected chi connectivity index (χ0v) is 14.1. The van der Waals surface area contributed by atoms with Crippen molar-refractivity contribution in [3.63, 3.8) is 0 Å². The third kappa shape index (κ3) is 2.69. The van der Waals surface area contributed by atoms with Gasteiger partial charge in [0, 0.05) is 22.7 Å². The van der Waals surface area contributed by atoms with Crippen LogP contribution in [-0.2, 0) is 4.79 Å². The lowest BCUT2D eigenvalue weighted by atomic mass is 9.96. The first kappa shape index (κ1) is 15.9. The summed E-state index contributed by atoms with van der Waals surface area (Å²) >= 11 is 7.81. The molecule has 2 N–H and O–H groups in total. The maximum atomic E-state index is 12.4. The zero-order chi connectivity index (χ0) is 16.7. The molecule has 1 aromatic carbocycles. The van der Waals surface area contributed by atoms with Crippen molar-refractivity contribution < 1.29 is 19.6 Å². The lowest BCUT2D eigenvalue weighted by molar-refractivity contribution is -0.773. The van der Waals surface area contributed by atoms with Gasteiger partial charge < -0.3 is 5.11 Å². The fraction of sp³-hybridized carbons (Fsp3) is 0.188. The number of hydrogen-bond acceptors (Lipinski definition) is 4. The van der Waals surface area contributed by atoms with Crippen LogP contribution in [0.4, 0.5) is 5.69 Å². The number of hydrogen-bond donors (Lipinski definition) is 2. The van der Waals surface area contributed by atoms with E-state index in [0.717, 1.165) is 26.9 Å². The lowest BCUT2D eigenvalue weighted by Gasteiger charge is -2.21. The van der Waals surface area contributed by atoms with E-state index in [2.05, 4.69) is 4.98 Å². The van der Waals surface area contributed by atoms with Gasteiger partial charge in [0.2, 0.25) is 5.78 Å². The molecule has 1 unspecified atom stereocenters. The van der Waals surface area contributed by atoms with Crippen LogP contribution in [0.1, 0.15) is 23.0 Å². The molecule has 3 rings (SSSR count). The molecule has 0 radical (unpaired) electrons. The number of aromatic nitrogens is 1. The third-order valence-corrected chi connectivity index (χ3v) is 5.03. The summed E-state index contributed by atoms with van der Waals surface area (Å²) < 4.78 is 0. The van der Waals surface area contributed by atoms with E-state index in [4.69, 9.17) is 11.6 Å². The van der Waals surface area contributed by atoms with Crippen molar-refractivity contribution in [1.82, 2.24) is 4.98 Å². The van der Waals surface area contributed by atoms with Gasteiger partial charge in [0.1, 0.15) is 16.9 Å². The SMILES string of the molecule is CC[NH+]1C=C(C(=O)O)C(=O)c2cc(Cl)c(-c3nc(C)cs3)cc21. The first-order valence-corrected chi connectivity index (χ1v) is 8.30. The standard InChI is InChI=1S/C16H13ClN2O3S/c1-3-19-6-11(16(21)22)14(20)10-4-12(17)9(5-13(10)19)15-18-8(2)7-23-15/h4-7H,3H2,1-2H3,(H,21,22)/p+1. The van der Waals surface area contributed by atoms with E-state index in [0.29, 0.717) is 17.1 Å². The van der Waals surface area contributed by atoms with Crippen LogP contribution in [0.25, 0.3) is 10.6 Å². The lowest BCUT2D eigenvalue weighted by Crippen LogP contribution is -3.03. The molecule has 2 aromatic rings. The molecule has 23 heavy (non-hydrogen) atoms. The summed E-state index contributed by atoms with van der Waals surface area (Å²) in [7, 11) is 0. The molecule has 0 spiro atoms. The fourth-order valence-corrected chi connectivity index (χ4v) is 3.72. The molecule has 0 bridgehead atoms. The Morgan fingerprint density at radius 1 is 1.39 bits per heavy atom. The molecule has 1 atom stereocenters. The Morgan fingerprint density at radius 2 is 2.13 bits per heavy atom. The number of nitrogens with zero attached hydrogens (tertiary/aromatic N) is 1. The highest BCUT2D eigenvalue weighted by molar-refractivity contribution is 7.13. The summed E-state index contributed by atoms with van der Waals surface area (Å²) in [5.74, 6) is -1.73. The van der Waals surface area contributed by atoms with Gasteiger partial charge in [-0.15, -0.1) is 11.3 Å². The van der Waals surface area contributed by atoms with Gasteiger partial charge in [-0.1, -0.05) is 11.6 Å². The molecular formula is C16H14ClN2O3S+. The van der Waals surface area contributed by atoms with Gasteiger partial charge in [-0.2, -0.15) is 0 Å². The number of fused-ring (bicyclic) bond motifs is 1. The number of aliphatic carboxylic acids is 1. The number of carbonyl (C=O) groups is 2. The van der Waals surface area contributed by atoms with Crippen LogP contribution < -0.4 is 4.90 Å². The van der Waals surface area contributed by atoms with Crippen LogP contribution in [0.2, 0.25) is 5.02 Å². The Morgan fingerprint density at radius 3 is 2.70 bits per heavy atom. The Balaban J connectivity index is 2.19. The van der Waals surface area contributed by atoms with E-state index in [1.807, 2.05) is 25.3 Å². The van der Waals surface area contributed by atoms with Crippen molar-refractivity contribution in [2.75, 3.05) is 6.54 Å². The van der Waals surface area contributed by atoms with Crippen LogP contribution in [-0.4, -0.2) is 28.4 Å². The maximum absolute atomic E-state index is 12.4. The Labute approximate surface area is 141 Å². The summed E-state index contributed by atoms with van der Waals surface area (Å²) in [6.45, 7) is 4.45. The molecule has 7 heteroatoms. The number of aryl methyl sites for hydroxylation is 1. The number of nitrogens with one attached hydrogen (secondary N) is 1. The van der Waals surface area contributed by atoms with Crippen molar-refractivity contribution in [2.45, 2.75) is 13.8 Å². The minimum Gasteiger partial charge on any atom is -0.477 e. The van der Waals surface area contributed by atoms with Gasteiger partial charge >= 0.3 is 5.97 Å². The van der Waals surface area contributed by atoms with Gasteiger partial charge in [-0.05, 0) is 19.9 Å². The third-order valence-electron chi connectivity index (χ3n) is 3.72. The predicted molar refractivity (Wildman–Crippen MR) is 88.5 cm³/mol. The van der Waals surface area contributed by atoms with Crippen molar-refractivity contribution in [3.05, 3.63) is 45.6 Å². The van der Waals surface area contributed by atoms with Crippen LogP contribution in [0.15, 0.2) is 29.3 Å². The largest absolute Gasteiger partial charge is 0.477 e. The van der Waals surface area contributed by atoms with E-state index in [9.17, 15) is 14.7 Å². The van der Waals surface area contributed by atoms with Gasteiger partial charge in [0.25, 0.3) is 0 Å². The van der Waals surface area contributed by atoms with E-state index < -0.39 is 11.8 Å². The van der Waals surface area contributed by atoms with Gasteiger partial charge in [-0.25, -0.2) is 9.78 Å². The second-order valence-corrected chi connectivity index (χ2v) is 6.51. The molecule has 1 aliphatic rings. The molecular weight excluding hydrogens is 336 g/mol. The molecule has 5 nitrogen and oxygen atoms in total. The average Bonchev–Trinajstić information content (AvgIpc) is 2.93. The van der Waals surface area contributed by atoms with E-state index in [1.54, 1.807) is 6.07 Å². The molecule has 118 valence electrons. The van der Waals surface area contributed by atoms with E-state index in [1.165, 1.54) is 17.5 Å². The summed E-state index contributed by atoms with van der Waals surface area (Å²) in [5.41, 5.74) is 2.51. The number of carbonyl (C=O) groups excluding carboxylic acids is 1. The number of Topliss-reactive ketones (excluding diaryl/α,β-unsaturated/α-hetero) is 1. The van der Waals surface area contributed by atoms with E-state index in [-0.39, 0.29) is 5.57 Å². The smallest absolute Gasteiger partial charge is 0.345 e. The second-order valence-electron chi connectivity index (χ2n) is 5.24. The first-order valence-electron chi connectivity index (χ1n) is 7.04. The van der Waals surface area contributed by atoms with Crippen LogP contribution in [0.5, 0.6) is 0 Å². The predicted octanol–water partition coefficient (Wildman–Crippen LogP) is 2.47. The highest BCUT2D eigenvalue weighted by Crippen LogP contribution is 2.35. The first-order chi connectivity index (χ1) is 10.9. The van der Waals surface area contributed by atoms with Gasteiger partial charge in [0.05, 0.1) is 17.1 Å². The van der Waals surface area contributed by atoms with Crippen LogP contribution in [0, 0.1) is 6.92 Å². The maximum Gasteiger partial charge on any atom is 0.345 e. The summed E-state index contributed by atoms with van der Waals surface area (Å²) in [6.07, 6.45) is 1.46. The van der Waals surface area contributed by atoms with Crippen LogP contribution >= 0.6 is 22.9 Å². The topological polar surface area (TPSA) is 71.7 Å².